The molecule has 0 spiro atoms. The molecule has 0 atom stereocenters. The van der Waals surface area contributed by atoms with E-state index in [0.29, 0.717) is 13.0 Å². The number of hydrogen-bond acceptors (Lipinski definition) is 4. The number of amidine groups is 1. The van der Waals surface area contributed by atoms with Gasteiger partial charge in [0.25, 0.3) is 0 Å². The van der Waals surface area contributed by atoms with Gasteiger partial charge in [-0.25, -0.2) is 8.42 Å². The Morgan fingerprint density at radius 1 is 1.33 bits per heavy atom. The zero-order chi connectivity index (χ0) is 11.9. The van der Waals surface area contributed by atoms with Gasteiger partial charge in [-0.3, -0.25) is 5.41 Å². The number of sulfone groups is 1. The molecule has 0 fully saturated rings. The van der Waals surface area contributed by atoms with E-state index in [2.05, 4.69) is 0 Å². The van der Waals surface area contributed by atoms with Gasteiger partial charge in [0.05, 0.1) is 11.6 Å². The van der Waals surface area contributed by atoms with Gasteiger partial charge in [-0.2, -0.15) is 0 Å². The number of nitrogens with one attached hydrogen (secondary N) is 1. The molecule has 0 bridgehead atoms. The summed E-state index contributed by atoms with van der Waals surface area (Å²) in [5, 5.41) is 7.03. The summed E-state index contributed by atoms with van der Waals surface area (Å²) in [7, 11) is -0.957. The second-order valence-electron chi connectivity index (χ2n) is 3.92. The summed E-state index contributed by atoms with van der Waals surface area (Å²) in [6.45, 7) is 1.42. The molecule has 0 unspecified atom stereocenters. The molecule has 0 aromatic carbocycles. The van der Waals surface area contributed by atoms with E-state index in [0.717, 1.165) is 19.4 Å². The fourth-order valence-electron chi connectivity index (χ4n) is 1.13. The van der Waals surface area contributed by atoms with E-state index in [1.54, 1.807) is 0 Å². The fourth-order valence-corrected chi connectivity index (χ4v) is 1.77. The molecule has 6 heteroatoms. The van der Waals surface area contributed by atoms with Crippen molar-refractivity contribution in [3.05, 3.63) is 0 Å². The lowest BCUT2D eigenvalue weighted by Crippen LogP contribution is -2.26. The summed E-state index contributed by atoms with van der Waals surface area (Å²) in [6, 6.07) is 0. The first-order chi connectivity index (χ1) is 6.81. The quantitative estimate of drug-likeness (QED) is 0.354. The predicted molar refractivity (Wildman–Crippen MR) is 63.0 cm³/mol. The van der Waals surface area contributed by atoms with E-state index >= 15 is 0 Å². The first-order valence-corrected chi connectivity index (χ1v) is 7.06. The summed E-state index contributed by atoms with van der Waals surface area (Å²) in [5.74, 6) is 0.421. The van der Waals surface area contributed by atoms with Crippen LogP contribution < -0.4 is 5.73 Å². The second kappa shape index (κ2) is 6.79. The van der Waals surface area contributed by atoms with Crippen LogP contribution in [0.25, 0.3) is 0 Å². The van der Waals surface area contributed by atoms with E-state index in [4.69, 9.17) is 11.1 Å². The Hall–Kier alpha value is -0.620. The van der Waals surface area contributed by atoms with Gasteiger partial charge in [0.15, 0.2) is 0 Å². The SMILES string of the molecule is CN(CCCCC(=N)N)CCS(C)(=O)=O. The molecule has 5 nitrogen and oxygen atoms in total. The maximum absolute atomic E-state index is 10.9. The van der Waals surface area contributed by atoms with Gasteiger partial charge in [-0.1, -0.05) is 0 Å². The third kappa shape index (κ3) is 11.3. The number of rotatable bonds is 8. The van der Waals surface area contributed by atoms with E-state index in [1.807, 2.05) is 11.9 Å². The minimum absolute atomic E-state index is 0.205. The Kier molecular flexibility index (Phi) is 6.51. The Balaban J connectivity index is 3.50. The molecule has 0 aromatic rings. The zero-order valence-corrected chi connectivity index (χ0v) is 10.3. The number of nitrogens with zero attached hydrogens (tertiary/aromatic N) is 1. The van der Waals surface area contributed by atoms with Crippen LogP contribution in [0.3, 0.4) is 0 Å². The van der Waals surface area contributed by atoms with E-state index in [1.165, 1.54) is 6.26 Å². The average molecular weight is 235 g/mol. The summed E-state index contributed by atoms with van der Waals surface area (Å²) in [4.78, 5) is 1.99. The van der Waals surface area contributed by atoms with Crippen molar-refractivity contribution < 1.29 is 8.42 Å². The van der Waals surface area contributed by atoms with Gasteiger partial charge >= 0.3 is 0 Å². The Labute approximate surface area is 92.1 Å². The highest BCUT2D eigenvalue weighted by atomic mass is 32.2. The molecule has 0 saturated carbocycles. The molecule has 0 aromatic heterocycles. The van der Waals surface area contributed by atoms with Crippen LogP contribution in [0.5, 0.6) is 0 Å². The van der Waals surface area contributed by atoms with Crippen molar-refractivity contribution in [2.45, 2.75) is 19.3 Å². The van der Waals surface area contributed by atoms with E-state index < -0.39 is 9.84 Å². The minimum Gasteiger partial charge on any atom is -0.388 e. The van der Waals surface area contributed by atoms with Gasteiger partial charge in [-0.15, -0.1) is 0 Å². The third-order valence-corrected chi connectivity index (χ3v) is 3.00. The molecule has 3 N–H and O–H groups in total. The Bertz CT molecular complexity index is 288. The van der Waals surface area contributed by atoms with Crippen molar-refractivity contribution in [1.82, 2.24) is 4.90 Å². The van der Waals surface area contributed by atoms with Crippen molar-refractivity contribution in [1.29, 1.82) is 5.41 Å². The lowest BCUT2D eigenvalue weighted by atomic mass is 10.2. The molecular weight excluding hydrogens is 214 g/mol. The van der Waals surface area contributed by atoms with Crippen LogP contribution in [0.1, 0.15) is 19.3 Å². The van der Waals surface area contributed by atoms with Crippen molar-refractivity contribution in [3.8, 4) is 0 Å². The minimum atomic E-state index is -2.86. The maximum atomic E-state index is 10.9. The molecule has 0 rings (SSSR count). The predicted octanol–water partition coefficient (Wildman–Crippen LogP) is 0.0691. The number of nitrogens with two attached hydrogens (primary N) is 1. The van der Waals surface area contributed by atoms with Crippen LogP contribution >= 0.6 is 0 Å². The van der Waals surface area contributed by atoms with Crippen LogP contribution in [-0.2, 0) is 9.84 Å². The van der Waals surface area contributed by atoms with Crippen LogP contribution in [-0.4, -0.2) is 51.3 Å². The molecule has 0 aliphatic carbocycles. The lowest BCUT2D eigenvalue weighted by molar-refractivity contribution is 0.345. The normalized spacial score (nSPS) is 11.9. The first-order valence-electron chi connectivity index (χ1n) is 5.00. The number of unbranched alkanes of at least 4 members (excludes halogenated alkanes) is 1. The molecule has 0 aliphatic heterocycles. The smallest absolute Gasteiger partial charge is 0.148 e. The van der Waals surface area contributed by atoms with Gasteiger partial charge in [0, 0.05) is 19.2 Å². The molecule has 0 radical (unpaired) electrons. The van der Waals surface area contributed by atoms with Gasteiger partial charge in [0.2, 0.25) is 0 Å². The van der Waals surface area contributed by atoms with Crippen LogP contribution in [0.15, 0.2) is 0 Å². The van der Waals surface area contributed by atoms with Crippen LogP contribution in [0, 0.1) is 5.41 Å². The molecule has 0 aliphatic rings. The van der Waals surface area contributed by atoms with E-state index in [-0.39, 0.29) is 11.6 Å². The summed E-state index contributed by atoms with van der Waals surface area (Å²) in [6.07, 6.45) is 3.70. The molecule has 0 saturated heterocycles. The molecule has 90 valence electrons. The van der Waals surface area contributed by atoms with Crippen molar-refractivity contribution >= 4 is 15.7 Å². The van der Waals surface area contributed by atoms with Crippen molar-refractivity contribution in [2.75, 3.05) is 32.1 Å². The highest BCUT2D eigenvalue weighted by molar-refractivity contribution is 7.90. The van der Waals surface area contributed by atoms with E-state index in [9.17, 15) is 8.42 Å². The Morgan fingerprint density at radius 2 is 1.93 bits per heavy atom. The summed E-state index contributed by atoms with van der Waals surface area (Å²) < 4.78 is 21.8. The topological polar surface area (TPSA) is 87.2 Å². The molecular formula is C9H21N3O2S. The first kappa shape index (κ1) is 14.4. The molecule has 15 heavy (non-hydrogen) atoms. The van der Waals surface area contributed by atoms with Crippen LogP contribution in [0.4, 0.5) is 0 Å². The monoisotopic (exact) mass is 235 g/mol. The standard InChI is InChI=1S/C9H21N3O2S/c1-12(7-8-15(2,13)14)6-4-3-5-9(10)11/h3-8H2,1-2H3,(H3,10,11). The van der Waals surface area contributed by atoms with Crippen molar-refractivity contribution in [2.24, 2.45) is 5.73 Å². The largest absolute Gasteiger partial charge is 0.388 e. The third-order valence-electron chi connectivity index (χ3n) is 2.08. The highest BCUT2D eigenvalue weighted by Gasteiger charge is 2.04. The van der Waals surface area contributed by atoms with Gasteiger partial charge in [0.1, 0.15) is 9.84 Å². The van der Waals surface area contributed by atoms with Crippen LogP contribution in [0.2, 0.25) is 0 Å². The Morgan fingerprint density at radius 3 is 2.40 bits per heavy atom. The van der Waals surface area contributed by atoms with Gasteiger partial charge in [-0.05, 0) is 26.4 Å². The fraction of sp³-hybridized carbons (Fsp3) is 0.889. The molecule has 0 amide bonds. The summed E-state index contributed by atoms with van der Waals surface area (Å²) >= 11 is 0. The highest BCUT2D eigenvalue weighted by Crippen LogP contribution is 1.97. The zero-order valence-electron chi connectivity index (χ0n) is 9.49. The lowest BCUT2D eigenvalue weighted by Gasteiger charge is -2.15. The van der Waals surface area contributed by atoms with Crippen molar-refractivity contribution in [3.63, 3.8) is 0 Å². The number of hydrogen-bond donors (Lipinski definition) is 2. The average Bonchev–Trinajstić information content (AvgIpc) is 2.07. The summed E-state index contributed by atoms with van der Waals surface area (Å²) in [5.41, 5.74) is 5.22. The maximum Gasteiger partial charge on any atom is 0.148 e. The molecule has 0 heterocycles. The van der Waals surface area contributed by atoms with Gasteiger partial charge < -0.3 is 10.6 Å². The second-order valence-corrected chi connectivity index (χ2v) is 6.18.